The molecule has 2 aromatic carbocycles. The number of aliphatic hydroxyl groups is 1. The molecule has 0 radical (unpaired) electrons. The molecule has 0 saturated heterocycles. The lowest BCUT2D eigenvalue weighted by Gasteiger charge is -2.20. The van der Waals surface area contributed by atoms with Crippen LogP contribution in [0.25, 0.3) is 0 Å². The Morgan fingerprint density at radius 1 is 0.791 bits per heavy atom. The molecule has 0 aliphatic rings. The van der Waals surface area contributed by atoms with E-state index in [9.17, 15) is 0 Å². The topological polar surface area (TPSA) is 47.3 Å². The van der Waals surface area contributed by atoms with Gasteiger partial charge < -0.3 is 14.4 Å². The van der Waals surface area contributed by atoms with Crippen molar-refractivity contribution in [3.05, 3.63) is 99.5 Å². The summed E-state index contributed by atoms with van der Waals surface area (Å²) in [7, 11) is 0. The van der Waals surface area contributed by atoms with Crippen LogP contribution in [-0.4, -0.2) is 21.3 Å². The van der Waals surface area contributed by atoms with Crippen molar-refractivity contribution in [2.45, 2.75) is 116 Å². The molecule has 238 valence electrons. The minimum absolute atomic E-state index is 0.223. The van der Waals surface area contributed by atoms with E-state index < -0.39 is 0 Å². The second-order valence-electron chi connectivity index (χ2n) is 11.0. The zero-order chi connectivity index (χ0) is 31.0. The molecular formula is C36H51Cl3N2O2. The van der Waals surface area contributed by atoms with Crippen molar-refractivity contribution in [2.24, 2.45) is 0 Å². The summed E-state index contributed by atoms with van der Waals surface area (Å²) >= 11 is 18.3. The SMILES string of the molecule is CCCCCCCC/C=C\CCCCCCCCO.Clc1ccc(COC(Cn2ccnc2)c2ccc(Cl)cc2Cl)cc1. The van der Waals surface area contributed by atoms with Crippen LogP contribution in [0.3, 0.4) is 0 Å². The number of benzene rings is 2. The molecule has 43 heavy (non-hydrogen) atoms. The van der Waals surface area contributed by atoms with E-state index in [-0.39, 0.29) is 6.10 Å². The summed E-state index contributed by atoms with van der Waals surface area (Å²) in [4.78, 5) is 4.07. The molecule has 0 aliphatic carbocycles. The van der Waals surface area contributed by atoms with Crippen LogP contribution in [0.2, 0.25) is 15.1 Å². The van der Waals surface area contributed by atoms with Gasteiger partial charge in [-0.25, -0.2) is 4.98 Å². The van der Waals surface area contributed by atoms with E-state index in [1.165, 1.54) is 83.5 Å². The lowest BCUT2D eigenvalue weighted by molar-refractivity contribution is 0.0280. The van der Waals surface area contributed by atoms with Gasteiger partial charge in [-0.15, -0.1) is 0 Å². The number of aromatic nitrogens is 2. The van der Waals surface area contributed by atoms with Gasteiger partial charge in [0.1, 0.15) is 6.10 Å². The van der Waals surface area contributed by atoms with Crippen LogP contribution in [0.4, 0.5) is 0 Å². The zero-order valence-corrected chi connectivity index (χ0v) is 28.2. The smallest absolute Gasteiger partial charge is 0.102 e. The maximum absolute atomic E-state index is 8.66. The summed E-state index contributed by atoms with van der Waals surface area (Å²) in [5, 5.41) is 10.6. The zero-order valence-electron chi connectivity index (χ0n) is 25.9. The van der Waals surface area contributed by atoms with E-state index in [1.54, 1.807) is 18.6 Å². The normalized spacial score (nSPS) is 11.9. The molecule has 4 nitrogen and oxygen atoms in total. The molecule has 0 saturated carbocycles. The van der Waals surface area contributed by atoms with Gasteiger partial charge in [-0.05, 0) is 61.9 Å². The minimum atomic E-state index is -0.223. The number of halogens is 3. The van der Waals surface area contributed by atoms with Crippen molar-refractivity contribution in [3.63, 3.8) is 0 Å². The van der Waals surface area contributed by atoms with E-state index in [1.807, 2.05) is 47.2 Å². The number of allylic oxidation sites excluding steroid dienone is 2. The molecule has 0 bridgehead atoms. The minimum Gasteiger partial charge on any atom is -0.396 e. The Bertz CT molecular complexity index is 1100. The second kappa shape index (κ2) is 24.5. The van der Waals surface area contributed by atoms with Gasteiger partial charge in [-0.3, -0.25) is 0 Å². The van der Waals surface area contributed by atoms with Crippen molar-refractivity contribution >= 4 is 34.8 Å². The molecule has 0 amide bonds. The molecule has 0 spiro atoms. The van der Waals surface area contributed by atoms with Gasteiger partial charge in [0.05, 0.1) is 19.5 Å². The lowest BCUT2D eigenvalue weighted by Crippen LogP contribution is -2.12. The number of hydrogen-bond acceptors (Lipinski definition) is 3. The predicted octanol–water partition coefficient (Wildman–Crippen LogP) is 11.8. The lowest BCUT2D eigenvalue weighted by atomic mass is 10.1. The van der Waals surface area contributed by atoms with Crippen LogP contribution >= 0.6 is 34.8 Å². The highest BCUT2D eigenvalue weighted by molar-refractivity contribution is 6.35. The average molecular weight is 650 g/mol. The third kappa shape index (κ3) is 17.9. The molecular weight excluding hydrogens is 599 g/mol. The van der Waals surface area contributed by atoms with Crippen molar-refractivity contribution in [1.29, 1.82) is 0 Å². The summed E-state index contributed by atoms with van der Waals surface area (Å²) in [6.07, 6.45) is 28.4. The quantitative estimate of drug-likeness (QED) is 0.0922. The number of hydrogen-bond donors (Lipinski definition) is 1. The first kappa shape index (κ1) is 37.4. The molecule has 3 rings (SSSR count). The van der Waals surface area contributed by atoms with E-state index in [0.717, 1.165) is 17.5 Å². The summed E-state index contributed by atoms with van der Waals surface area (Å²) in [5.74, 6) is 0. The maximum Gasteiger partial charge on any atom is 0.102 e. The Labute approximate surface area is 275 Å². The fraction of sp³-hybridized carbons (Fsp3) is 0.528. The Morgan fingerprint density at radius 2 is 1.40 bits per heavy atom. The first-order chi connectivity index (χ1) is 21.0. The summed E-state index contributed by atoms with van der Waals surface area (Å²) < 4.78 is 8.08. The fourth-order valence-electron chi connectivity index (χ4n) is 4.73. The number of aliphatic hydroxyl groups excluding tert-OH is 1. The molecule has 0 fully saturated rings. The van der Waals surface area contributed by atoms with Crippen molar-refractivity contribution in [2.75, 3.05) is 6.61 Å². The highest BCUT2D eigenvalue weighted by Crippen LogP contribution is 2.30. The molecule has 1 atom stereocenters. The number of nitrogens with zero attached hydrogens (tertiary/aromatic N) is 2. The van der Waals surface area contributed by atoms with Gasteiger partial charge in [0.15, 0.2) is 0 Å². The standard InChI is InChI=1S/C18H15Cl3N2O.C18H36O/c19-14-3-1-13(2-4-14)11-24-18(10-23-8-7-22-12-23)16-6-5-15(20)9-17(16)21;1-2-3-4-5-6-7-8-9-10-11-12-13-14-15-16-17-18-19/h1-9,12,18H,10-11H2;9-10,19H,2-8,11-18H2,1H3/b;10-9-. The van der Waals surface area contributed by atoms with Gasteiger partial charge in [0, 0.05) is 39.6 Å². The van der Waals surface area contributed by atoms with Crippen molar-refractivity contribution < 1.29 is 9.84 Å². The monoisotopic (exact) mass is 648 g/mol. The number of ether oxygens (including phenoxy) is 1. The third-order valence-electron chi connectivity index (χ3n) is 7.28. The van der Waals surface area contributed by atoms with Gasteiger partial charge in [0.2, 0.25) is 0 Å². The van der Waals surface area contributed by atoms with Gasteiger partial charge in [0.25, 0.3) is 0 Å². The number of imidazole rings is 1. The van der Waals surface area contributed by atoms with Crippen molar-refractivity contribution in [3.8, 4) is 0 Å². The van der Waals surface area contributed by atoms with E-state index >= 15 is 0 Å². The Morgan fingerprint density at radius 3 is 1.98 bits per heavy atom. The molecule has 0 aliphatic heterocycles. The van der Waals surface area contributed by atoms with Crippen LogP contribution in [-0.2, 0) is 17.9 Å². The van der Waals surface area contributed by atoms with Gasteiger partial charge in [-0.1, -0.05) is 130 Å². The van der Waals surface area contributed by atoms with Crippen LogP contribution in [0, 0.1) is 0 Å². The Hall–Kier alpha value is -1.82. The summed E-state index contributed by atoms with van der Waals surface area (Å²) in [6, 6.07) is 13.0. The molecule has 7 heteroatoms. The van der Waals surface area contributed by atoms with Crippen molar-refractivity contribution in [1.82, 2.24) is 9.55 Å². The van der Waals surface area contributed by atoms with E-state index in [2.05, 4.69) is 24.1 Å². The Balaban J connectivity index is 0.000000311. The Kier molecular flexibility index (Phi) is 21.3. The molecule has 1 N–H and O–H groups in total. The summed E-state index contributed by atoms with van der Waals surface area (Å²) in [6.45, 7) is 3.70. The predicted molar refractivity (Wildman–Crippen MR) is 184 cm³/mol. The molecule has 1 aromatic heterocycles. The van der Waals surface area contributed by atoms with Crippen LogP contribution < -0.4 is 0 Å². The molecule has 1 heterocycles. The maximum atomic E-state index is 8.66. The van der Waals surface area contributed by atoms with Crippen LogP contribution in [0.5, 0.6) is 0 Å². The molecule has 3 aromatic rings. The average Bonchev–Trinajstić information content (AvgIpc) is 3.52. The first-order valence-electron chi connectivity index (χ1n) is 16.1. The molecule has 1 unspecified atom stereocenters. The second-order valence-corrected chi connectivity index (χ2v) is 12.3. The highest BCUT2D eigenvalue weighted by Gasteiger charge is 2.17. The number of rotatable bonds is 21. The largest absolute Gasteiger partial charge is 0.396 e. The van der Waals surface area contributed by atoms with E-state index in [4.69, 9.17) is 44.6 Å². The number of unbranched alkanes of at least 4 members (excludes halogenated alkanes) is 12. The first-order valence-corrected chi connectivity index (χ1v) is 17.2. The van der Waals surface area contributed by atoms with Crippen LogP contribution in [0.1, 0.15) is 114 Å². The van der Waals surface area contributed by atoms with E-state index in [0.29, 0.717) is 34.8 Å². The van der Waals surface area contributed by atoms with Crippen LogP contribution in [0.15, 0.2) is 73.3 Å². The summed E-state index contributed by atoms with van der Waals surface area (Å²) in [5.41, 5.74) is 1.93. The third-order valence-corrected chi connectivity index (χ3v) is 8.09. The van der Waals surface area contributed by atoms with Gasteiger partial charge >= 0.3 is 0 Å². The van der Waals surface area contributed by atoms with Gasteiger partial charge in [-0.2, -0.15) is 0 Å². The fourth-order valence-corrected chi connectivity index (χ4v) is 5.38. The highest BCUT2D eigenvalue weighted by atomic mass is 35.5.